The number of fused-ring (bicyclic) bond motifs is 6. The van der Waals surface area contributed by atoms with E-state index in [-0.39, 0.29) is 53.1 Å². The molecule has 2 aromatic heterocycles. The molecule has 1 fully saturated rings. The number of carbonyl (C=O) groups is 4. The van der Waals surface area contributed by atoms with Crippen molar-refractivity contribution >= 4 is 30.0 Å². The van der Waals surface area contributed by atoms with Crippen LogP contribution in [-0.4, -0.2) is 78.8 Å². The fourth-order valence-electron chi connectivity index (χ4n) is 11.1. The Morgan fingerprint density at radius 3 is 1.76 bits per heavy atom. The van der Waals surface area contributed by atoms with Gasteiger partial charge in [-0.1, -0.05) is 88.4 Å². The Morgan fingerprint density at radius 2 is 1.19 bits per heavy atom. The summed E-state index contributed by atoms with van der Waals surface area (Å²) in [5, 5.41) is 0. The lowest BCUT2D eigenvalue weighted by Gasteiger charge is -2.40. The van der Waals surface area contributed by atoms with Crippen molar-refractivity contribution < 1.29 is 56.4 Å². The number of hydrogen-bond donors (Lipinski definition) is 0. The number of hydrogen-bond acceptors (Lipinski definition) is 12. The Labute approximate surface area is 468 Å². The van der Waals surface area contributed by atoms with E-state index in [0.717, 1.165) is 92.7 Å². The van der Waals surface area contributed by atoms with E-state index in [9.17, 15) is 28.0 Å². The highest BCUT2D eigenvalue weighted by Crippen LogP contribution is 2.45. The third-order valence-corrected chi connectivity index (χ3v) is 14.4. The van der Waals surface area contributed by atoms with Crippen molar-refractivity contribution in [3.05, 3.63) is 159 Å². The van der Waals surface area contributed by atoms with Gasteiger partial charge in [-0.3, -0.25) is 14.8 Å². The second kappa shape index (κ2) is 24.5. The molecule has 1 saturated heterocycles. The van der Waals surface area contributed by atoms with Crippen molar-refractivity contribution in [1.29, 1.82) is 0 Å². The van der Waals surface area contributed by atoms with Crippen LogP contribution >= 0.6 is 0 Å². The first kappa shape index (κ1) is 58.7. The molecular weight excluding hydrogens is 1020 g/mol. The molecule has 0 N–H and O–H groups in total. The highest BCUT2D eigenvalue weighted by molar-refractivity contribution is 6.05. The maximum atomic E-state index is 14.3. The van der Waals surface area contributed by atoms with E-state index < -0.39 is 35.4 Å². The van der Waals surface area contributed by atoms with Gasteiger partial charge in [0, 0.05) is 28.7 Å². The zero-order chi connectivity index (χ0) is 57.8. The summed E-state index contributed by atoms with van der Waals surface area (Å²) in [4.78, 5) is 61.7. The van der Waals surface area contributed by atoms with Gasteiger partial charge < -0.3 is 28.4 Å². The number of nitrogens with zero attached hydrogens (tertiary/aromatic N) is 2. The maximum Gasteiger partial charge on any atom is 0.340 e. The standard InChI is InChI=1S/C41H48FNO8.C25H24FNO2/c1-23(2)36-30(18-17-27-20-28(50-41(6,7)49-27)21-34(44)51-40(3,4)5)35(24-13-15-26(42)16-14-24)29-12-10-11-25-19-32(38(45)47-8)33(39(46)48-9)22-31(25)37(29)43-36;1-15(2)23-22(25(28)29-3)21(17-11-13-18(26)14-12-17)20-10-6-8-16-7-4-5-9-19(16)24(20)27-23/h13-19,22-23,27-28H,10-12,20-21H2,1-9H3;4-5,7,9,11-15H,6,8,10H2,1-3H3/b18-17+;/t27-,28-;/m1./s1. The zero-order valence-electron chi connectivity index (χ0n) is 47.9. The minimum Gasteiger partial charge on any atom is -0.465 e. The van der Waals surface area contributed by atoms with Crippen LogP contribution in [-0.2, 0) is 58.9 Å². The van der Waals surface area contributed by atoms with Crippen LogP contribution in [0.3, 0.4) is 0 Å². The Morgan fingerprint density at radius 1 is 0.662 bits per heavy atom. The largest absolute Gasteiger partial charge is 0.465 e. The van der Waals surface area contributed by atoms with Crippen LogP contribution < -0.4 is 0 Å². The lowest BCUT2D eigenvalue weighted by atomic mass is 9.86. The van der Waals surface area contributed by atoms with Gasteiger partial charge in [-0.2, -0.15) is 0 Å². The molecule has 420 valence electrons. The van der Waals surface area contributed by atoms with E-state index in [2.05, 4.69) is 32.0 Å². The molecule has 0 radical (unpaired) electrons. The van der Waals surface area contributed by atoms with E-state index in [4.69, 9.17) is 38.4 Å². The molecule has 0 spiro atoms. The highest BCUT2D eigenvalue weighted by atomic mass is 19.1. The zero-order valence-corrected chi connectivity index (χ0v) is 47.9. The van der Waals surface area contributed by atoms with Gasteiger partial charge in [-0.15, -0.1) is 0 Å². The van der Waals surface area contributed by atoms with Gasteiger partial charge in [0.25, 0.3) is 0 Å². The summed E-state index contributed by atoms with van der Waals surface area (Å²) in [7, 11) is 3.94. The number of carbonyl (C=O) groups excluding carboxylic acids is 4. The smallest absolute Gasteiger partial charge is 0.340 e. The Bertz CT molecular complexity index is 3340. The molecule has 9 rings (SSSR count). The van der Waals surface area contributed by atoms with E-state index in [0.29, 0.717) is 36.2 Å². The molecule has 2 atom stereocenters. The Hall–Kier alpha value is -7.42. The molecular formula is C66H72F2N2O10. The van der Waals surface area contributed by atoms with Gasteiger partial charge in [0.15, 0.2) is 5.79 Å². The SMILES string of the molecule is COC(=O)c1c(C(C)C)nc2c(c1-c1ccc(F)cc1)CCCc1ccccc1-2.COC(=O)c1cc2c(cc1C(=O)OC)-c1nc(C(C)C)c(/C=C/[C@@H]3C[C@H](CC(=O)OC(C)(C)C)OC(C)(C)O3)c(-c3ccc(F)cc3)c1CCC2. The van der Waals surface area contributed by atoms with E-state index in [1.54, 1.807) is 36.4 Å². The quantitative estimate of drug-likeness (QED) is 0.0897. The number of halogens is 2. The van der Waals surface area contributed by atoms with Crippen LogP contribution in [0.1, 0.15) is 170 Å². The first-order chi connectivity index (χ1) is 38.0. The van der Waals surface area contributed by atoms with Crippen LogP contribution in [0.4, 0.5) is 8.78 Å². The summed E-state index contributed by atoms with van der Waals surface area (Å²) in [6.07, 6.45) is 8.46. The summed E-state index contributed by atoms with van der Waals surface area (Å²) in [6.45, 7) is 17.3. The van der Waals surface area contributed by atoms with E-state index in [1.807, 2.05) is 66.7 Å². The molecule has 0 saturated carbocycles. The van der Waals surface area contributed by atoms with Crippen molar-refractivity contribution in [3.63, 3.8) is 0 Å². The third-order valence-electron chi connectivity index (χ3n) is 14.4. The predicted octanol–water partition coefficient (Wildman–Crippen LogP) is 14.3. The second-order valence-corrected chi connectivity index (χ2v) is 22.6. The fourth-order valence-corrected chi connectivity index (χ4v) is 11.1. The number of aryl methyl sites for hydroxylation is 2. The summed E-state index contributed by atoms with van der Waals surface area (Å²) < 4.78 is 61.2. The van der Waals surface area contributed by atoms with Gasteiger partial charge in [0.2, 0.25) is 0 Å². The summed E-state index contributed by atoms with van der Waals surface area (Å²) in [6, 6.07) is 24.5. The van der Waals surface area contributed by atoms with Gasteiger partial charge >= 0.3 is 23.9 Å². The summed E-state index contributed by atoms with van der Waals surface area (Å²) in [5.74, 6) is -3.63. The minimum absolute atomic E-state index is 0.0315. The van der Waals surface area contributed by atoms with Crippen LogP contribution in [0, 0.1) is 11.6 Å². The van der Waals surface area contributed by atoms with E-state index in [1.165, 1.54) is 51.2 Å². The first-order valence-electron chi connectivity index (χ1n) is 27.4. The Kier molecular flexibility index (Phi) is 18.0. The minimum atomic E-state index is -0.948. The van der Waals surface area contributed by atoms with Crippen LogP contribution in [0.5, 0.6) is 0 Å². The molecule has 80 heavy (non-hydrogen) atoms. The van der Waals surface area contributed by atoms with Gasteiger partial charge in [0.1, 0.15) is 17.2 Å². The molecule has 12 nitrogen and oxygen atoms in total. The molecule has 0 unspecified atom stereocenters. The summed E-state index contributed by atoms with van der Waals surface area (Å²) >= 11 is 0. The van der Waals surface area contributed by atoms with Crippen LogP contribution in [0.2, 0.25) is 0 Å². The van der Waals surface area contributed by atoms with E-state index >= 15 is 0 Å². The molecule has 6 aromatic rings. The number of aromatic nitrogens is 2. The van der Waals surface area contributed by atoms with Crippen molar-refractivity contribution in [2.75, 3.05) is 21.3 Å². The van der Waals surface area contributed by atoms with Gasteiger partial charge in [-0.25, -0.2) is 23.2 Å². The topological polar surface area (TPSA) is 149 Å². The number of rotatable bonds is 11. The predicted molar refractivity (Wildman–Crippen MR) is 304 cm³/mol. The van der Waals surface area contributed by atoms with Crippen LogP contribution in [0.25, 0.3) is 50.8 Å². The molecule has 2 aliphatic carbocycles. The number of esters is 4. The van der Waals surface area contributed by atoms with Gasteiger partial charge in [-0.05, 0) is 160 Å². The number of benzene rings is 4. The second-order valence-electron chi connectivity index (χ2n) is 22.6. The summed E-state index contributed by atoms with van der Waals surface area (Å²) in [5.41, 5.74) is 13.4. The van der Waals surface area contributed by atoms with Crippen molar-refractivity contribution in [2.45, 2.75) is 149 Å². The lowest BCUT2D eigenvalue weighted by Crippen LogP contribution is -2.45. The molecule has 0 amide bonds. The average molecular weight is 1090 g/mol. The average Bonchev–Trinajstić information content (AvgIpc) is 3.75. The van der Waals surface area contributed by atoms with Crippen LogP contribution in [0.15, 0.2) is 91.0 Å². The molecule has 0 bridgehead atoms. The lowest BCUT2D eigenvalue weighted by molar-refractivity contribution is -0.290. The van der Waals surface area contributed by atoms with Crippen molar-refractivity contribution in [3.8, 4) is 44.8 Å². The molecule has 3 heterocycles. The normalized spacial score (nSPS) is 16.4. The molecule has 3 aliphatic rings. The maximum absolute atomic E-state index is 14.3. The monoisotopic (exact) mass is 1090 g/mol. The Balaban J connectivity index is 0.000000244. The molecule has 4 aromatic carbocycles. The fraction of sp³-hybridized carbons (Fsp3) is 0.394. The number of pyridine rings is 2. The highest BCUT2D eigenvalue weighted by Gasteiger charge is 2.37. The third kappa shape index (κ3) is 13.1. The van der Waals surface area contributed by atoms with Crippen molar-refractivity contribution in [1.82, 2.24) is 9.97 Å². The van der Waals surface area contributed by atoms with Crippen molar-refractivity contribution in [2.24, 2.45) is 0 Å². The first-order valence-corrected chi connectivity index (χ1v) is 27.4. The number of methoxy groups -OCH3 is 3. The molecule has 14 heteroatoms. The van der Waals surface area contributed by atoms with Gasteiger partial charge in [0.05, 0.1) is 79.4 Å². The molecule has 1 aliphatic heterocycles. The number of ether oxygens (including phenoxy) is 6.